The summed E-state index contributed by atoms with van der Waals surface area (Å²) in [7, 11) is 1.42. The third-order valence-corrected chi connectivity index (χ3v) is 1.07. The smallest absolute Gasteiger partial charge is 0.321 e. The van der Waals surface area contributed by atoms with E-state index in [1.54, 1.807) is 0 Å². The highest BCUT2D eigenvalue weighted by Crippen LogP contribution is 2.05. The molecule has 1 heterocycles. The standard InChI is InChI=1S/C6H4ClN3O/c1-3-4-8-5(7)10-6(9-4)11-2/h1H,2H3. The van der Waals surface area contributed by atoms with Crippen molar-refractivity contribution in [3.63, 3.8) is 0 Å². The lowest BCUT2D eigenvalue weighted by atomic mass is 10.6. The van der Waals surface area contributed by atoms with Crippen molar-refractivity contribution in [3.8, 4) is 18.4 Å². The molecule has 1 rings (SSSR count). The predicted molar refractivity (Wildman–Crippen MR) is 39.3 cm³/mol. The maximum atomic E-state index is 5.47. The lowest BCUT2D eigenvalue weighted by Gasteiger charge is -1.96. The number of terminal acetylenes is 1. The van der Waals surface area contributed by atoms with Gasteiger partial charge in [-0.25, -0.2) is 0 Å². The van der Waals surface area contributed by atoms with Crippen LogP contribution in [0.1, 0.15) is 5.82 Å². The minimum atomic E-state index is 0.0322. The van der Waals surface area contributed by atoms with Crippen LogP contribution in [0.5, 0.6) is 6.01 Å². The summed E-state index contributed by atoms with van der Waals surface area (Å²) in [6, 6.07) is 0.123. The van der Waals surface area contributed by atoms with E-state index < -0.39 is 0 Å². The Labute approximate surface area is 68.6 Å². The normalized spacial score (nSPS) is 8.82. The van der Waals surface area contributed by atoms with Crippen LogP contribution >= 0.6 is 11.6 Å². The second kappa shape index (κ2) is 3.17. The number of ether oxygens (including phenoxy) is 1. The van der Waals surface area contributed by atoms with Crippen molar-refractivity contribution >= 4 is 11.6 Å². The van der Waals surface area contributed by atoms with Crippen molar-refractivity contribution in [1.29, 1.82) is 0 Å². The summed E-state index contributed by atoms with van der Waals surface area (Å²) in [5, 5.41) is 0.0322. The fourth-order valence-electron chi connectivity index (χ4n) is 0.488. The first-order valence-electron chi connectivity index (χ1n) is 2.68. The third-order valence-electron chi connectivity index (χ3n) is 0.899. The summed E-state index contributed by atoms with van der Waals surface area (Å²) in [6.45, 7) is 0. The largest absolute Gasteiger partial charge is 0.467 e. The number of halogens is 1. The van der Waals surface area contributed by atoms with Gasteiger partial charge in [-0.15, -0.1) is 6.42 Å². The number of hydrogen-bond acceptors (Lipinski definition) is 4. The molecular formula is C6H4ClN3O. The maximum Gasteiger partial charge on any atom is 0.321 e. The molecule has 0 N–H and O–H groups in total. The van der Waals surface area contributed by atoms with Gasteiger partial charge < -0.3 is 4.74 Å². The molecule has 5 heteroatoms. The van der Waals surface area contributed by atoms with Crippen LogP contribution < -0.4 is 4.74 Å². The average Bonchev–Trinajstić information content (AvgIpc) is 2.03. The molecule has 0 amide bonds. The van der Waals surface area contributed by atoms with Crippen LogP contribution in [0.4, 0.5) is 0 Å². The molecule has 11 heavy (non-hydrogen) atoms. The quantitative estimate of drug-likeness (QED) is 0.575. The molecule has 0 spiro atoms. The van der Waals surface area contributed by atoms with Crippen molar-refractivity contribution in [3.05, 3.63) is 11.1 Å². The van der Waals surface area contributed by atoms with Crippen LogP contribution in [0.15, 0.2) is 0 Å². The molecule has 0 aliphatic heterocycles. The zero-order chi connectivity index (χ0) is 8.27. The first kappa shape index (κ1) is 7.76. The van der Waals surface area contributed by atoms with Crippen molar-refractivity contribution in [2.75, 3.05) is 7.11 Å². The molecule has 0 aliphatic rings. The van der Waals surface area contributed by atoms with E-state index in [1.165, 1.54) is 7.11 Å². The van der Waals surface area contributed by atoms with Crippen molar-refractivity contribution < 1.29 is 4.74 Å². The SMILES string of the molecule is C#Cc1nc(Cl)nc(OC)n1. The Morgan fingerprint density at radius 2 is 2.18 bits per heavy atom. The molecule has 0 unspecified atom stereocenters. The van der Waals surface area contributed by atoms with E-state index in [-0.39, 0.29) is 17.1 Å². The maximum absolute atomic E-state index is 5.47. The second-order valence-electron chi connectivity index (χ2n) is 1.56. The molecule has 1 aromatic rings. The Morgan fingerprint density at radius 3 is 2.73 bits per heavy atom. The van der Waals surface area contributed by atoms with Crippen LogP contribution in [-0.2, 0) is 0 Å². The van der Waals surface area contributed by atoms with Gasteiger partial charge in [0, 0.05) is 0 Å². The highest BCUT2D eigenvalue weighted by Gasteiger charge is 2.00. The summed E-state index contributed by atoms with van der Waals surface area (Å²) in [5.41, 5.74) is 0. The van der Waals surface area contributed by atoms with E-state index in [2.05, 4.69) is 20.9 Å². The van der Waals surface area contributed by atoms with Gasteiger partial charge >= 0.3 is 6.01 Å². The van der Waals surface area contributed by atoms with E-state index in [4.69, 9.17) is 22.8 Å². The first-order chi connectivity index (χ1) is 5.26. The lowest BCUT2D eigenvalue weighted by molar-refractivity contribution is 0.377. The minimum absolute atomic E-state index is 0.0322. The molecule has 0 saturated heterocycles. The third kappa shape index (κ3) is 1.79. The molecule has 0 fully saturated rings. The number of aromatic nitrogens is 3. The van der Waals surface area contributed by atoms with Crippen molar-refractivity contribution in [2.24, 2.45) is 0 Å². The number of hydrogen-bond donors (Lipinski definition) is 0. The average molecular weight is 170 g/mol. The Kier molecular flexibility index (Phi) is 2.24. The number of rotatable bonds is 1. The summed E-state index contributed by atoms with van der Waals surface area (Å²) in [5.74, 6) is 2.38. The fraction of sp³-hybridized carbons (Fsp3) is 0.167. The number of nitrogens with zero attached hydrogens (tertiary/aromatic N) is 3. The van der Waals surface area contributed by atoms with Gasteiger partial charge in [0.1, 0.15) is 0 Å². The molecule has 56 valence electrons. The van der Waals surface area contributed by atoms with Gasteiger partial charge in [-0.3, -0.25) is 0 Å². The fourth-order valence-corrected chi connectivity index (χ4v) is 0.640. The molecule has 0 atom stereocenters. The second-order valence-corrected chi connectivity index (χ2v) is 1.90. The molecule has 4 nitrogen and oxygen atoms in total. The predicted octanol–water partition coefficient (Wildman–Crippen LogP) is 0.515. The monoisotopic (exact) mass is 169 g/mol. The van der Waals surface area contributed by atoms with Gasteiger partial charge in [-0.2, -0.15) is 15.0 Å². The van der Waals surface area contributed by atoms with E-state index >= 15 is 0 Å². The summed E-state index contributed by atoms with van der Waals surface area (Å²) in [4.78, 5) is 11.0. The molecule has 1 aromatic heterocycles. The molecule has 0 bridgehead atoms. The Morgan fingerprint density at radius 1 is 1.45 bits per heavy atom. The molecular weight excluding hydrogens is 166 g/mol. The van der Waals surface area contributed by atoms with Crippen LogP contribution in [0, 0.1) is 12.3 Å². The molecule has 0 aromatic carbocycles. The highest BCUT2D eigenvalue weighted by molar-refractivity contribution is 6.28. The van der Waals surface area contributed by atoms with Crippen LogP contribution in [0.25, 0.3) is 0 Å². The Balaban J connectivity index is 3.15. The van der Waals surface area contributed by atoms with Crippen LogP contribution in [0.2, 0.25) is 5.28 Å². The van der Waals surface area contributed by atoms with Gasteiger partial charge in [-0.1, -0.05) is 0 Å². The minimum Gasteiger partial charge on any atom is -0.467 e. The summed E-state index contributed by atoms with van der Waals surface area (Å²) >= 11 is 5.47. The summed E-state index contributed by atoms with van der Waals surface area (Å²) in [6.07, 6.45) is 5.03. The van der Waals surface area contributed by atoms with Gasteiger partial charge in [0.2, 0.25) is 11.1 Å². The van der Waals surface area contributed by atoms with Crippen LogP contribution in [0.3, 0.4) is 0 Å². The van der Waals surface area contributed by atoms with Crippen molar-refractivity contribution in [2.45, 2.75) is 0 Å². The van der Waals surface area contributed by atoms with Crippen molar-refractivity contribution in [1.82, 2.24) is 15.0 Å². The Bertz CT molecular complexity index is 307. The van der Waals surface area contributed by atoms with E-state index in [9.17, 15) is 0 Å². The van der Waals surface area contributed by atoms with Gasteiger partial charge in [0.15, 0.2) is 0 Å². The lowest BCUT2D eigenvalue weighted by Crippen LogP contribution is -1.97. The van der Waals surface area contributed by atoms with Crippen LogP contribution in [-0.4, -0.2) is 22.1 Å². The molecule has 0 radical (unpaired) electrons. The highest BCUT2D eigenvalue weighted by atomic mass is 35.5. The first-order valence-corrected chi connectivity index (χ1v) is 3.06. The zero-order valence-corrected chi connectivity index (χ0v) is 6.46. The molecule has 0 aliphatic carbocycles. The van der Waals surface area contributed by atoms with E-state index in [0.717, 1.165) is 0 Å². The topological polar surface area (TPSA) is 47.9 Å². The van der Waals surface area contributed by atoms with E-state index in [1.807, 2.05) is 0 Å². The van der Waals surface area contributed by atoms with Gasteiger partial charge in [-0.05, 0) is 17.5 Å². The number of methoxy groups -OCH3 is 1. The zero-order valence-electron chi connectivity index (χ0n) is 5.71. The van der Waals surface area contributed by atoms with Gasteiger partial charge in [0.25, 0.3) is 0 Å². The van der Waals surface area contributed by atoms with Gasteiger partial charge in [0.05, 0.1) is 7.11 Å². The Hall–Kier alpha value is -1.34. The summed E-state index contributed by atoms with van der Waals surface area (Å²) < 4.78 is 4.70. The van der Waals surface area contributed by atoms with E-state index in [0.29, 0.717) is 0 Å². The molecule has 0 saturated carbocycles.